The van der Waals surface area contributed by atoms with Crippen molar-refractivity contribution in [2.45, 2.75) is 19.4 Å². The van der Waals surface area contributed by atoms with Crippen molar-refractivity contribution in [3.8, 4) is 0 Å². The molecular weight excluding hydrogens is 384 g/mol. The van der Waals surface area contributed by atoms with Crippen molar-refractivity contribution in [2.24, 2.45) is 0 Å². The van der Waals surface area contributed by atoms with Gasteiger partial charge in [0.15, 0.2) is 9.84 Å². The van der Waals surface area contributed by atoms with Crippen molar-refractivity contribution in [3.05, 3.63) is 34.3 Å². The zero-order valence-corrected chi connectivity index (χ0v) is 15.2. The van der Waals surface area contributed by atoms with E-state index in [0.29, 0.717) is 18.5 Å². The molecule has 2 amide bonds. The van der Waals surface area contributed by atoms with Gasteiger partial charge in [-0.25, -0.2) is 8.42 Å². The third kappa shape index (κ3) is 4.78. The zero-order chi connectivity index (χ0) is 17.0. The summed E-state index contributed by atoms with van der Waals surface area (Å²) in [6.45, 7) is 2.09. The van der Waals surface area contributed by atoms with Crippen molar-refractivity contribution in [2.75, 3.05) is 24.6 Å². The lowest BCUT2D eigenvalue weighted by Gasteiger charge is -2.27. The van der Waals surface area contributed by atoms with E-state index < -0.39 is 9.84 Å². The summed E-state index contributed by atoms with van der Waals surface area (Å²) in [5.41, 5.74) is 0.465. The number of amides is 2. The fourth-order valence-corrected chi connectivity index (χ4v) is 4.62. The molecule has 1 aromatic rings. The smallest absolute Gasteiger partial charge is 0.251 e. The predicted octanol–water partition coefficient (Wildman–Crippen LogP) is 1.21. The molecule has 1 fully saturated rings. The van der Waals surface area contributed by atoms with Gasteiger partial charge in [-0.3, -0.25) is 9.59 Å². The molecule has 0 aliphatic carbocycles. The fraction of sp³-hybridized carbons (Fsp3) is 0.467. The van der Waals surface area contributed by atoms with Gasteiger partial charge in [0.2, 0.25) is 5.91 Å². The summed E-state index contributed by atoms with van der Waals surface area (Å²) in [5, 5.41) is 2.58. The molecule has 1 heterocycles. The molecule has 1 atom stereocenters. The highest BCUT2D eigenvalue weighted by molar-refractivity contribution is 9.10. The Bertz CT molecular complexity index is 688. The second-order valence-electron chi connectivity index (χ2n) is 5.43. The average Bonchev–Trinajstić information content (AvgIpc) is 2.86. The third-order valence-corrected chi connectivity index (χ3v) is 6.10. The van der Waals surface area contributed by atoms with E-state index in [4.69, 9.17) is 0 Å². The van der Waals surface area contributed by atoms with E-state index in [9.17, 15) is 18.0 Å². The summed E-state index contributed by atoms with van der Waals surface area (Å²) in [4.78, 5) is 25.8. The topological polar surface area (TPSA) is 83.6 Å². The van der Waals surface area contributed by atoms with E-state index in [0.717, 1.165) is 4.47 Å². The first-order valence-electron chi connectivity index (χ1n) is 7.36. The molecule has 1 aliphatic rings. The molecule has 1 aliphatic heterocycles. The van der Waals surface area contributed by atoms with Crippen LogP contribution in [-0.2, 0) is 14.6 Å². The van der Waals surface area contributed by atoms with Gasteiger partial charge in [0.25, 0.3) is 5.91 Å². The molecule has 1 N–H and O–H groups in total. The predicted molar refractivity (Wildman–Crippen MR) is 90.9 cm³/mol. The largest absolute Gasteiger partial charge is 0.343 e. The minimum absolute atomic E-state index is 0.00718. The highest BCUT2D eigenvalue weighted by Crippen LogP contribution is 2.17. The molecule has 0 bridgehead atoms. The van der Waals surface area contributed by atoms with Crippen LogP contribution in [0.3, 0.4) is 0 Å². The van der Waals surface area contributed by atoms with Gasteiger partial charge >= 0.3 is 0 Å². The fourth-order valence-electron chi connectivity index (χ4n) is 2.62. The summed E-state index contributed by atoms with van der Waals surface area (Å²) in [7, 11) is -3.05. The molecule has 0 aromatic heterocycles. The Hall–Kier alpha value is -1.41. The van der Waals surface area contributed by atoms with Gasteiger partial charge in [-0.05, 0) is 37.6 Å². The van der Waals surface area contributed by atoms with Crippen LogP contribution >= 0.6 is 15.9 Å². The Kier molecular flexibility index (Phi) is 5.80. The second-order valence-corrected chi connectivity index (χ2v) is 8.57. The highest BCUT2D eigenvalue weighted by Gasteiger charge is 2.33. The summed E-state index contributed by atoms with van der Waals surface area (Å²) in [6.07, 6.45) is 0.461. The number of benzene rings is 1. The monoisotopic (exact) mass is 402 g/mol. The number of likely N-dealkylation sites (N-methyl/N-ethyl adjacent to an activating group) is 1. The number of nitrogens with one attached hydrogen (secondary N) is 1. The summed E-state index contributed by atoms with van der Waals surface area (Å²) >= 11 is 3.29. The lowest BCUT2D eigenvalue weighted by molar-refractivity contribution is -0.131. The molecule has 0 spiro atoms. The zero-order valence-electron chi connectivity index (χ0n) is 12.8. The standard InChI is InChI=1S/C15H19BrN2O4S/c1-2-18(13-7-8-23(21,22)10-13)14(19)9-17-15(20)11-3-5-12(16)6-4-11/h3-6,13H,2,7-10H2,1H3,(H,17,20). The van der Waals surface area contributed by atoms with Crippen LogP contribution in [0.2, 0.25) is 0 Å². The number of hydrogen-bond acceptors (Lipinski definition) is 4. The van der Waals surface area contributed by atoms with Crippen LogP contribution in [0.25, 0.3) is 0 Å². The Balaban J connectivity index is 1.92. The molecule has 6 nitrogen and oxygen atoms in total. The number of halogens is 1. The van der Waals surface area contributed by atoms with Gasteiger partial charge in [0, 0.05) is 22.6 Å². The number of carbonyl (C=O) groups is 2. The lowest BCUT2D eigenvalue weighted by Crippen LogP contribution is -2.46. The maximum Gasteiger partial charge on any atom is 0.251 e. The minimum Gasteiger partial charge on any atom is -0.343 e. The normalized spacial score (nSPS) is 19.3. The van der Waals surface area contributed by atoms with E-state index in [2.05, 4.69) is 21.2 Å². The summed E-state index contributed by atoms with van der Waals surface area (Å²) < 4.78 is 24.0. The van der Waals surface area contributed by atoms with Gasteiger partial charge < -0.3 is 10.2 Å². The molecule has 1 saturated heterocycles. The first-order chi connectivity index (χ1) is 10.8. The lowest BCUT2D eigenvalue weighted by atomic mass is 10.2. The van der Waals surface area contributed by atoms with Crippen molar-refractivity contribution in [1.29, 1.82) is 0 Å². The van der Waals surface area contributed by atoms with E-state index in [1.165, 1.54) is 4.90 Å². The number of nitrogens with zero attached hydrogens (tertiary/aromatic N) is 1. The number of sulfone groups is 1. The SMILES string of the molecule is CCN(C(=O)CNC(=O)c1ccc(Br)cc1)C1CCS(=O)(=O)C1. The molecule has 1 unspecified atom stereocenters. The van der Waals surface area contributed by atoms with E-state index in [1.807, 2.05) is 0 Å². The van der Waals surface area contributed by atoms with Gasteiger partial charge in [-0.1, -0.05) is 15.9 Å². The molecule has 2 rings (SSSR count). The number of rotatable bonds is 5. The molecule has 126 valence electrons. The van der Waals surface area contributed by atoms with Crippen LogP contribution in [0.15, 0.2) is 28.7 Å². The number of hydrogen-bond donors (Lipinski definition) is 1. The van der Waals surface area contributed by atoms with Crippen LogP contribution in [0.5, 0.6) is 0 Å². The molecule has 23 heavy (non-hydrogen) atoms. The van der Waals surface area contributed by atoms with Gasteiger partial charge in [-0.15, -0.1) is 0 Å². The maximum absolute atomic E-state index is 12.3. The van der Waals surface area contributed by atoms with Crippen LogP contribution < -0.4 is 5.32 Å². The molecular formula is C15H19BrN2O4S. The third-order valence-electron chi connectivity index (χ3n) is 3.82. The Morgan fingerprint density at radius 1 is 1.30 bits per heavy atom. The molecule has 8 heteroatoms. The number of carbonyl (C=O) groups excluding carboxylic acids is 2. The molecule has 0 radical (unpaired) electrons. The Morgan fingerprint density at radius 3 is 2.48 bits per heavy atom. The van der Waals surface area contributed by atoms with Gasteiger partial charge in [0.1, 0.15) is 0 Å². The first-order valence-corrected chi connectivity index (χ1v) is 9.97. The quantitative estimate of drug-likeness (QED) is 0.802. The highest BCUT2D eigenvalue weighted by atomic mass is 79.9. The van der Waals surface area contributed by atoms with Crippen LogP contribution in [-0.4, -0.2) is 55.8 Å². The van der Waals surface area contributed by atoms with Crippen molar-refractivity contribution in [3.63, 3.8) is 0 Å². The van der Waals surface area contributed by atoms with Crippen LogP contribution in [0, 0.1) is 0 Å². The second kappa shape index (κ2) is 7.44. The van der Waals surface area contributed by atoms with E-state index >= 15 is 0 Å². The first kappa shape index (κ1) is 17.9. The molecule has 0 saturated carbocycles. The van der Waals surface area contributed by atoms with Gasteiger partial charge in [-0.2, -0.15) is 0 Å². The molecule has 1 aromatic carbocycles. The summed E-state index contributed by atoms with van der Waals surface area (Å²) in [5.74, 6) is -0.471. The maximum atomic E-state index is 12.3. The Labute approximate surface area is 144 Å². The summed E-state index contributed by atoms with van der Waals surface area (Å²) in [6, 6.07) is 6.52. The van der Waals surface area contributed by atoms with Gasteiger partial charge in [0.05, 0.1) is 18.1 Å². The van der Waals surface area contributed by atoms with Crippen molar-refractivity contribution in [1.82, 2.24) is 10.2 Å². The Morgan fingerprint density at radius 2 is 1.96 bits per heavy atom. The van der Waals surface area contributed by atoms with Crippen molar-refractivity contribution < 1.29 is 18.0 Å². The average molecular weight is 403 g/mol. The van der Waals surface area contributed by atoms with E-state index in [-0.39, 0.29) is 35.9 Å². The van der Waals surface area contributed by atoms with Crippen LogP contribution in [0.4, 0.5) is 0 Å². The minimum atomic E-state index is -3.05. The van der Waals surface area contributed by atoms with Crippen molar-refractivity contribution >= 4 is 37.6 Å². The van der Waals surface area contributed by atoms with E-state index in [1.54, 1.807) is 31.2 Å². The van der Waals surface area contributed by atoms with Crippen LogP contribution in [0.1, 0.15) is 23.7 Å².